The van der Waals surface area contributed by atoms with E-state index in [-0.39, 0.29) is 23.0 Å². The molecule has 0 fully saturated rings. The Morgan fingerprint density at radius 3 is 2.57 bits per heavy atom. The van der Waals surface area contributed by atoms with Gasteiger partial charge >= 0.3 is 0 Å². The van der Waals surface area contributed by atoms with E-state index in [1.807, 2.05) is 43.3 Å². The normalized spacial score (nSPS) is 11.5. The Morgan fingerprint density at radius 2 is 1.84 bits per heavy atom. The highest BCUT2D eigenvalue weighted by Gasteiger charge is 2.16. The smallest absolute Gasteiger partial charge is 0.266 e. The molecule has 0 bridgehead atoms. The molecule has 1 heterocycles. The van der Waals surface area contributed by atoms with Crippen LogP contribution in [-0.2, 0) is 4.79 Å². The van der Waals surface area contributed by atoms with Gasteiger partial charge in [0.1, 0.15) is 5.69 Å². The van der Waals surface area contributed by atoms with E-state index >= 15 is 0 Å². The lowest BCUT2D eigenvalue weighted by atomic mass is 10.2. The van der Waals surface area contributed by atoms with Crippen LogP contribution in [0, 0.1) is 6.92 Å². The van der Waals surface area contributed by atoms with Crippen molar-refractivity contribution in [3.05, 3.63) is 88.2 Å². The Kier molecular flexibility index (Phi) is 8.37. The summed E-state index contributed by atoms with van der Waals surface area (Å²) in [5, 5.41) is 17.3. The molecule has 0 spiro atoms. The second-order valence-electron chi connectivity index (χ2n) is 8.48. The average Bonchev–Trinajstić information content (AvgIpc) is 2.90. The number of carbonyl (C=O) groups is 1. The van der Waals surface area contributed by atoms with E-state index in [0.29, 0.717) is 27.3 Å². The van der Waals surface area contributed by atoms with Crippen LogP contribution >= 0.6 is 11.8 Å². The predicted molar refractivity (Wildman–Crippen MR) is 146 cm³/mol. The molecular formula is C28H29N5O3S. The van der Waals surface area contributed by atoms with E-state index in [1.165, 1.54) is 11.1 Å². The molecule has 4 rings (SSSR count). The number of aromatic nitrogens is 2. The summed E-state index contributed by atoms with van der Waals surface area (Å²) in [5.74, 6) is -0.536. The number of amides is 1. The van der Waals surface area contributed by atoms with Crippen LogP contribution in [0.25, 0.3) is 16.6 Å². The van der Waals surface area contributed by atoms with Gasteiger partial charge in [0.2, 0.25) is 0 Å². The first-order valence-electron chi connectivity index (χ1n) is 12.1. The summed E-state index contributed by atoms with van der Waals surface area (Å²) in [5.41, 5.74) is 5.80. The summed E-state index contributed by atoms with van der Waals surface area (Å²) in [4.78, 5) is 31.8. The van der Waals surface area contributed by atoms with E-state index < -0.39 is 0 Å². The van der Waals surface area contributed by atoms with Gasteiger partial charge in [-0.05, 0) is 68.3 Å². The largest absolute Gasteiger partial charge is 0.872 e. The molecule has 0 saturated heterocycles. The third-order valence-corrected chi connectivity index (χ3v) is 7.04. The number of hydrogen-bond acceptors (Lipinski definition) is 6. The fraction of sp³-hybridized carbons (Fsp3) is 0.214. The first-order chi connectivity index (χ1) is 17.9. The van der Waals surface area contributed by atoms with Crippen molar-refractivity contribution < 1.29 is 14.8 Å². The second kappa shape index (κ2) is 11.9. The molecule has 3 aromatic carbocycles. The standard InChI is InChI=1S/C28H29N5O3S/c1-4-32(5-2)21-15-14-20(25(34)16-21)17-29-31-26(35)18-37-28-30-23-12-8-7-11-22(23)27(36)33(28)24-13-9-6-10-19(24)3/h6-17,34H,4-5,18H2,1-3H3,(H,31,35). The fourth-order valence-electron chi connectivity index (χ4n) is 4.09. The molecule has 2 N–H and O–H groups in total. The minimum Gasteiger partial charge on any atom is -0.872 e. The van der Waals surface area contributed by atoms with Crippen LogP contribution in [0.2, 0.25) is 0 Å². The number of fused-ring (bicyclic) bond motifs is 1. The lowest BCUT2D eigenvalue weighted by molar-refractivity contribution is -0.828. The van der Waals surface area contributed by atoms with Crippen molar-refractivity contribution in [3.63, 3.8) is 0 Å². The van der Waals surface area contributed by atoms with Crippen molar-refractivity contribution in [2.24, 2.45) is 5.10 Å². The van der Waals surface area contributed by atoms with Crippen LogP contribution in [0.15, 0.2) is 81.8 Å². The van der Waals surface area contributed by atoms with Crippen LogP contribution in [0.5, 0.6) is 5.75 Å². The molecule has 8 nitrogen and oxygen atoms in total. The van der Waals surface area contributed by atoms with E-state index in [9.17, 15) is 14.7 Å². The maximum atomic E-state index is 13.4. The van der Waals surface area contributed by atoms with E-state index in [0.717, 1.165) is 36.1 Å². The van der Waals surface area contributed by atoms with Gasteiger partial charge in [0.05, 0.1) is 41.6 Å². The Morgan fingerprint density at radius 1 is 1.11 bits per heavy atom. The zero-order chi connectivity index (χ0) is 26.4. The summed E-state index contributed by atoms with van der Waals surface area (Å²) in [7, 11) is 0. The zero-order valence-corrected chi connectivity index (χ0v) is 21.8. The molecular weight excluding hydrogens is 486 g/mol. The van der Waals surface area contributed by atoms with Crippen molar-refractivity contribution in [2.45, 2.75) is 25.9 Å². The Hall–Kier alpha value is -3.95. The molecule has 0 radical (unpaired) electrons. The Balaban J connectivity index is 1.50. The summed E-state index contributed by atoms with van der Waals surface area (Å²) in [6.45, 7) is 7.84. The summed E-state index contributed by atoms with van der Waals surface area (Å²) < 4.78 is 1.54. The van der Waals surface area contributed by atoms with Crippen LogP contribution < -0.4 is 21.0 Å². The number of hydrazone groups is 1. The van der Waals surface area contributed by atoms with Gasteiger partial charge in [-0.25, -0.2) is 10.4 Å². The van der Waals surface area contributed by atoms with Gasteiger partial charge in [-0.1, -0.05) is 47.8 Å². The second-order valence-corrected chi connectivity index (χ2v) is 9.43. The molecule has 0 aliphatic rings. The zero-order valence-electron chi connectivity index (χ0n) is 21.0. The first kappa shape index (κ1) is 26.1. The number of quaternary nitrogens is 1. The van der Waals surface area contributed by atoms with Gasteiger partial charge in [-0.3, -0.25) is 14.2 Å². The third-order valence-electron chi connectivity index (χ3n) is 6.10. The third kappa shape index (κ3) is 5.90. The average molecular weight is 516 g/mol. The fourth-order valence-corrected chi connectivity index (χ4v) is 4.89. The SMILES string of the molecule is CC[NH+](CC)c1ccc(C=NNC(=O)CSc2nc3ccccc3c(=O)n2-c2ccccc2C)c([O-])c1. The van der Waals surface area contributed by atoms with Crippen molar-refractivity contribution in [1.82, 2.24) is 15.0 Å². The molecule has 0 unspecified atom stereocenters. The number of benzene rings is 3. The molecule has 0 aliphatic heterocycles. The number of carbonyl (C=O) groups excluding carboxylic acids is 1. The summed E-state index contributed by atoms with van der Waals surface area (Å²) in [6.07, 6.45) is 1.35. The molecule has 4 aromatic rings. The minimum absolute atomic E-state index is 0.0114. The van der Waals surface area contributed by atoms with Gasteiger partial charge in [0, 0.05) is 0 Å². The van der Waals surface area contributed by atoms with Crippen LogP contribution in [-0.4, -0.2) is 40.5 Å². The monoisotopic (exact) mass is 515 g/mol. The maximum Gasteiger partial charge on any atom is 0.266 e. The van der Waals surface area contributed by atoms with Crippen LogP contribution in [0.1, 0.15) is 25.0 Å². The topological polar surface area (TPSA) is 104 Å². The number of para-hydroxylation sites is 2. The Bertz CT molecular complexity index is 1510. The minimum atomic E-state index is -0.378. The molecule has 37 heavy (non-hydrogen) atoms. The Labute approximate surface area is 219 Å². The molecule has 1 aromatic heterocycles. The molecule has 0 atom stereocenters. The number of nitrogens with zero attached hydrogens (tertiary/aromatic N) is 3. The van der Waals surface area contributed by atoms with Crippen LogP contribution in [0.3, 0.4) is 0 Å². The number of rotatable bonds is 9. The molecule has 1 amide bonds. The first-order valence-corrected chi connectivity index (χ1v) is 13.1. The molecule has 190 valence electrons. The number of hydrogen-bond donors (Lipinski definition) is 2. The number of thioether (sulfide) groups is 1. The van der Waals surface area contributed by atoms with Crippen molar-refractivity contribution in [3.8, 4) is 11.4 Å². The quantitative estimate of drug-likeness (QED) is 0.154. The van der Waals surface area contributed by atoms with Gasteiger partial charge in [-0.2, -0.15) is 5.10 Å². The number of aryl methyl sites for hydroxylation is 1. The lowest BCUT2D eigenvalue weighted by Crippen LogP contribution is -3.06. The van der Waals surface area contributed by atoms with Gasteiger partial charge < -0.3 is 10.0 Å². The molecule has 0 aliphatic carbocycles. The maximum absolute atomic E-state index is 13.4. The van der Waals surface area contributed by atoms with Gasteiger partial charge in [0.25, 0.3) is 11.5 Å². The van der Waals surface area contributed by atoms with Crippen molar-refractivity contribution in [1.29, 1.82) is 0 Å². The van der Waals surface area contributed by atoms with Gasteiger partial charge in [-0.15, -0.1) is 0 Å². The highest BCUT2D eigenvalue weighted by Crippen LogP contribution is 2.23. The van der Waals surface area contributed by atoms with E-state index in [2.05, 4.69) is 29.4 Å². The van der Waals surface area contributed by atoms with E-state index in [4.69, 9.17) is 0 Å². The highest BCUT2D eigenvalue weighted by molar-refractivity contribution is 7.99. The molecule has 9 heteroatoms. The van der Waals surface area contributed by atoms with Crippen LogP contribution in [0.4, 0.5) is 5.69 Å². The van der Waals surface area contributed by atoms with Gasteiger partial charge in [0.15, 0.2) is 5.16 Å². The summed E-state index contributed by atoms with van der Waals surface area (Å²) in [6, 6.07) is 19.9. The van der Waals surface area contributed by atoms with E-state index in [1.54, 1.807) is 34.9 Å². The molecule has 0 saturated carbocycles. The van der Waals surface area contributed by atoms with Crippen molar-refractivity contribution in [2.75, 3.05) is 18.8 Å². The summed E-state index contributed by atoms with van der Waals surface area (Å²) >= 11 is 1.15. The van der Waals surface area contributed by atoms with Crippen molar-refractivity contribution >= 4 is 40.5 Å². The lowest BCUT2D eigenvalue weighted by Gasteiger charge is -2.18. The number of nitrogens with one attached hydrogen (secondary N) is 2. The highest BCUT2D eigenvalue weighted by atomic mass is 32.2. The predicted octanol–water partition coefficient (Wildman–Crippen LogP) is 2.57.